The van der Waals surface area contributed by atoms with Crippen LogP contribution in [0.4, 0.5) is 0 Å². The Morgan fingerprint density at radius 3 is 2.39 bits per heavy atom. The predicted octanol–water partition coefficient (Wildman–Crippen LogP) is 2.64. The molecule has 128 valence electrons. The standard InChI is InChI=1S/C17H25ClN2O3/c1-11(2)15(17(22)19-12(3)9-10-23-4)20-16(21)13-7-5-6-8-14(13)18/h5-8,11-12,15H,9-10H2,1-4H3,(H,19,22)(H,20,21)/t12-,15+/m0/s1. The van der Waals surface area contributed by atoms with E-state index in [9.17, 15) is 9.59 Å². The van der Waals surface area contributed by atoms with E-state index in [0.717, 1.165) is 0 Å². The van der Waals surface area contributed by atoms with Crippen molar-refractivity contribution in [3.05, 3.63) is 34.9 Å². The summed E-state index contributed by atoms with van der Waals surface area (Å²) in [6, 6.07) is 6.12. The first-order chi connectivity index (χ1) is 10.9. The lowest BCUT2D eigenvalue weighted by atomic mass is 10.0. The third-order valence-electron chi connectivity index (χ3n) is 3.50. The van der Waals surface area contributed by atoms with Crippen molar-refractivity contribution in [2.24, 2.45) is 5.92 Å². The van der Waals surface area contributed by atoms with Crippen molar-refractivity contribution in [2.75, 3.05) is 13.7 Å². The zero-order valence-corrected chi connectivity index (χ0v) is 14.8. The predicted molar refractivity (Wildman–Crippen MR) is 91.6 cm³/mol. The molecule has 0 unspecified atom stereocenters. The molecule has 6 heteroatoms. The van der Waals surface area contributed by atoms with Gasteiger partial charge in [0.05, 0.1) is 10.6 Å². The zero-order chi connectivity index (χ0) is 17.4. The van der Waals surface area contributed by atoms with Gasteiger partial charge in [-0.1, -0.05) is 37.6 Å². The summed E-state index contributed by atoms with van der Waals surface area (Å²) in [6.45, 7) is 6.25. The van der Waals surface area contributed by atoms with Crippen molar-refractivity contribution >= 4 is 23.4 Å². The first kappa shape index (κ1) is 19.5. The lowest BCUT2D eigenvalue weighted by Gasteiger charge is -2.24. The van der Waals surface area contributed by atoms with Crippen LogP contribution in [0.1, 0.15) is 37.6 Å². The van der Waals surface area contributed by atoms with Crippen LogP contribution in [0.5, 0.6) is 0 Å². The Hall–Kier alpha value is -1.59. The summed E-state index contributed by atoms with van der Waals surface area (Å²) in [4.78, 5) is 24.8. The van der Waals surface area contributed by atoms with Gasteiger partial charge in [0.15, 0.2) is 0 Å². The topological polar surface area (TPSA) is 67.4 Å². The van der Waals surface area contributed by atoms with E-state index in [1.807, 2.05) is 20.8 Å². The maximum Gasteiger partial charge on any atom is 0.253 e. The van der Waals surface area contributed by atoms with Crippen LogP contribution in [0.3, 0.4) is 0 Å². The van der Waals surface area contributed by atoms with Gasteiger partial charge in [0.2, 0.25) is 5.91 Å². The molecule has 0 spiro atoms. The Morgan fingerprint density at radius 2 is 1.83 bits per heavy atom. The number of carbonyl (C=O) groups is 2. The molecule has 23 heavy (non-hydrogen) atoms. The van der Waals surface area contributed by atoms with Crippen LogP contribution in [0.25, 0.3) is 0 Å². The summed E-state index contributed by atoms with van der Waals surface area (Å²) in [7, 11) is 1.62. The van der Waals surface area contributed by atoms with Crippen molar-refractivity contribution in [1.29, 1.82) is 0 Å². The van der Waals surface area contributed by atoms with Gasteiger partial charge >= 0.3 is 0 Å². The fraction of sp³-hybridized carbons (Fsp3) is 0.529. The number of carbonyl (C=O) groups excluding carboxylic acids is 2. The van der Waals surface area contributed by atoms with Gasteiger partial charge in [0, 0.05) is 19.8 Å². The fourth-order valence-electron chi connectivity index (χ4n) is 2.10. The Balaban J connectivity index is 2.73. The zero-order valence-electron chi connectivity index (χ0n) is 14.1. The monoisotopic (exact) mass is 340 g/mol. The van der Waals surface area contributed by atoms with E-state index in [0.29, 0.717) is 23.6 Å². The van der Waals surface area contributed by atoms with E-state index >= 15 is 0 Å². The number of methoxy groups -OCH3 is 1. The number of ether oxygens (including phenoxy) is 1. The number of hydrogen-bond acceptors (Lipinski definition) is 3. The van der Waals surface area contributed by atoms with E-state index in [-0.39, 0.29) is 23.8 Å². The second kappa shape index (κ2) is 9.53. The molecular formula is C17H25ClN2O3. The van der Waals surface area contributed by atoms with E-state index in [1.165, 1.54) is 0 Å². The molecule has 1 rings (SSSR count). The second-order valence-electron chi connectivity index (χ2n) is 5.87. The largest absolute Gasteiger partial charge is 0.385 e. The minimum absolute atomic E-state index is 0.0269. The number of halogens is 1. The van der Waals surface area contributed by atoms with Crippen LogP contribution in [0.15, 0.2) is 24.3 Å². The summed E-state index contributed by atoms with van der Waals surface area (Å²) in [5, 5.41) is 6.03. The van der Waals surface area contributed by atoms with Gasteiger partial charge in [0.25, 0.3) is 5.91 Å². The van der Waals surface area contributed by atoms with E-state index in [1.54, 1.807) is 31.4 Å². The van der Waals surface area contributed by atoms with Gasteiger partial charge in [-0.05, 0) is 31.4 Å². The van der Waals surface area contributed by atoms with Gasteiger partial charge in [-0.3, -0.25) is 9.59 Å². The summed E-state index contributed by atoms with van der Waals surface area (Å²) in [5.74, 6) is -0.603. The normalized spacial score (nSPS) is 13.5. The van der Waals surface area contributed by atoms with Crippen molar-refractivity contribution in [3.8, 4) is 0 Å². The lowest BCUT2D eigenvalue weighted by Crippen LogP contribution is -2.51. The maximum absolute atomic E-state index is 12.4. The molecule has 0 heterocycles. The first-order valence-corrected chi connectivity index (χ1v) is 8.09. The molecular weight excluding hydrogens is 316 g/mol. The molecule has 0 saturated heterocycles. The summed E-state index contributed by atoms with van der Waals surface area (Å²) >= 11 is 6.03. The SMILES string of the molecule is COCC[C@H](C)NC(=O)[C@H](NC(=O)c1ccccc1Cl)C(C)C. The minimum atomic E-state index is -0.622. The highest BCUT2D eigenvalue weighted by Crippen LogP contribution is 2.15. The molecule has 0 aliphatic rings. The summed E-state index contributed by atoms with van der Waals surface area (Å²) < 4.78 is 5.00. The Kier molecular flexibility index (Phi) is 8.06. The molecule has 0 aliphatic carbocycles. The molecule has 0 bridgehead atoms. The van der Waals surface area contributed by atoms with Crippen molar-refractivity contribution < 1.29 is 14.3 Å². The smallest absolute Gasteiger partial charge is 0.253 e. The summed E-state index contributed by atoms with van der Waals surface area (Å²) in [6.07, 6.45) is 0.714. The summed E-state index contributed by atoms with van der Waals surface area (Å²) in [5.41, 5.74) is 0.361. The van der Waals surface area contributed by atoms with Crippen LogP contribution in [-0.2, 0) is 9.53 Å². The molecule has 0 aliphatic heterocycles. The van der Waals surface area contributed by atoms with Crippen LogP contribution in [-0.4, -0.2) is 37.6 Å². The minimum Gasteiger partial charge on any atom is -0.385 e. The van der Waals surface area contributed by atoms with Gasteiger partial charge in [-0.15, -0.1) is 0 Å². The van der Waals surface area contributed by atoms with Crippen LogP contribution < -0.4 is 10.6 Å². The number of nitrogens with one attached hydrogen (secondary N) is 2. The Bertz CT molecular complexity index is 534. The quantitative estimate of drug-likeness (QED) is 0.764. The average Bonchev–Trinajstić information content (AvgIpc) is 2.50. The van der Waals surface area contributed by atoms with Crippen molar-refractivity contribution in [1.82, 2.24) is 10.6 Å². The molecule has 1 aromatic carbocycles. The number of amides is 2. The van der Waals surface area contributed by atoms with Crippen LogP contribution in [0, 0.1) is 5.92 Å². The molecule has 0 radical (unpaired) electrons. The highest BCUT2D eigenvalue weighted by Gasteiger charge is 2.26. The number of rotatable bonds is 8. The van der Waals surface area contributed by atoms with E-state index in [2.05, 4.69) is 10.6 Å². The van der Waals surface area contributed by atoms with E-state index < -0.39 is 6.04 Å². The van der Waals surface area contributed by atoms with Gasteiger partial charge in [-0.25, -0.2) is 0 Å². The first-order valence-electron chi connectivity index (χ1n) is 7.71. The van der Waals surface area contributed by atoms with Gasteiger partial charge in [0.1, 0.15) is 6.04 Å². The number of benzene rings is 1. The third kappa shape index (κ3) is 6.20. The molecule has 0 aromatic heterocycles. The molecule has 2 amide bonds. The third-order valence-corrected chi connectivity index (χ3v) is 3.83. The molecule has 0 saturated carbocycles. The van der Waals surface area contributed by atoms with Crippen molar-refractivity contribution in [3.63, 3.8) is 0 Å². The molecule has 2 N–H and O–H groups in total. The van der Waals surface area contributed by atoms with Crippen LogP contribution in [0.2, 0.25) is 5.02 Å². The Morgan fingerprint density at radius 1 is 1.17 bits per heavy atom. The van der Waals surface area contributed by atoms with E-state index in [4.69, 9.17) is 16.3 Å². The second-order valence-corrected chi connectivity index (χ2v) is 6.27. The Labute approximate surface area is 142 Å². The van der Waals surface area contributed by atoms with Gasteiger partial charge in [-0.2, -0.15) is 0 Å². The maximum atomic E-state index is 12.4. The molecule has 5 nitrogen and oxygen atoms in total. The molecule has 2 atom stereocenters. The van der Waals surface area contributed by atoms with Gasteiger partial charge < -0.3 is 15.4 Å². The average molecular weight is 341 g/mol. The number of hydrogen-bond donors (Lipinski definition) is 2. The van der Waals surface area contributed by atoms with Crippen molar-refractivity contribution in [2.45, 2.75) is 39.3 Å². The van der Waals surface area contributed by atoms with Crippen LogP contribution >= 0.6 is 11.6 Å². The molecule has 1 aromatic rings. The fourth-order valence-corrected chi connectivity index (χ4v) is 2.32. The highest BCUT2D eigenvalue weighted by molar-refractivity contribution is 6.33. The highest BCUT2D eigenvalue weighted by atomic mass is 35.5. The lowest BCUT2D eigenvalue weighted by molar-refractivity contribution is -0.124. The molecule has 0 fully saturated rings.